The standard InChI is InChI=1S/C17H32O3/c1-2-3-4-5-6-7-8-9-10-11-12-13-14-15-16-17(18,19)20/h13-16,18-20H,2-12H2,1H3. The molecule has 0 atom stereocenters. The van der Waals surface area contributed by atoms with Gasteiger partial charge in [0, 0.05) is 6.08 Å². The third kappa shape index (κ3) is 17.4. The molecule has 0 amide bonds. The molecule has 0 saturated carbocycles. The van der Waals surface area contributed by atoms with Crippen molar-refractivity contribution >= 4 is 0 Å². The van der Waals surface area contributed by atoms with E-state index in [9.17, 15) is 0 Å². The lowest BCUT2D eigenvalue weighted by Gasteiger charge is -2.05. The fraction of sp³-hybridized carbons (Fsp3) is 0.765. The maximum absolute atomic E-state index is 8.60. The molecule has 0 bridgehead atoms. The predicted octanol–water partition coefficient (Wildman–Crippen LogP) is 4.04. The molecule has 0 aromatic carbocycles. The lowest BCUT2D eigenvalue weighted by atomic mass is 10.1. The van der Waals surface area contributed by atoms with E-state index in [1.165, 1.54) is 70.3 Å². The largest absolute Gasteiger partial charge is 0.340 e. The minimum atomic E-state index is -2.69. The molecule has 0 heterocycles. The Labute approximate surface area is 124 Å². The van der Waals surface area contributed by atoms with Gasteiger partial charge in [-0.1, -0.05) is 82.9 Å². The average molecular weight is 284 g/mol. The minimum Gasteiger partial charge on any atom is -0.340 e. The van der Waals surface area contributed by atoms with Crippen molar-refractivity contribution in [3.05, 3.63) is 24.3 Å². The maximum Gasteiger partial charge on any atom is 0.297 e. The molecular weight excluding hydrogens is 252 g/mol. The second kappa shape index (κ2) is 13.3. The fourth-order valence-electron chi connectivity index (χ4n) is 2.11. The zero-order chi connectivity index (χ0) is 15.1. The second-order valence-corrected chi connectivity index (χ2v) is 5.45. The van der Waals surface area contributed by atoms with Crippen LogP contribution in [0.5, 0.6) is 0 Å². The molecule has 0 aliphatic carbocycles. The van der Waals surface area contributed by atoms with Gasteiger partial charge in [-0.05, 0) is 12.8 Å². The monoisotopic (exact) mass is 284 g/mol. The molecule has 20 heavy (non-hydrogen) atoms. The lowest BCUT2D eigenvalue weighted by Crippen LogP contribution is -2.22. The third-order valence-corrected chi connectivity index (χ3v) is 3.29. The Morgan fingerprint density at radius 2 is 1.20 bits per heavy atom. The van der Waals surface area contributed by atoms with Gasteiger partial charge >= 0.3 is 0 Å². The summed E-state index contributed by atoms with van der Waals surface area (Å²) >= 11 is 0. The van der Waals surface area contributed by atoms with Gasteiger partial charge in [0.2, 0.25) is 0 Å². The number of allylic oxidation sites excluding steroid dienone is 3. The summed E-state index contributed by atoms with van der Waals surface area (Å²) < 4.78 is 0. The van der Waals surface area contributed by atoms with Crippen molar-refractivity contribution in [2.45, 2.75) is 83.5 Å². The van der Waals surface area contributed by atoms with Crippen LogP contribution in [-0.4, -0.2) is 21.3 Å². The van der Waals surface area contributed by atoms with E-state index in [1.54, 1.807) is 6.08 Å². The highest BCUT2D eigenvalue weighted by molar-refractivity contribution is 5.04. The molecule has 0 aliphatic heterocycles. The highest BCUT2D eigenvalue weighted by atomic mass is 16.7. The molecule has 0 aromatic rings. The lowest BCUT2D eigenvalue weighted by molar-refractivity contribution is -0.273. The van der Waals surface area contributed by atoms with Crippen LogP contribution in [0.3, 0.4) is 0 Å². The van der Waals surface area contributed by atoms with Crippen LogP contribution in [-0.2, 0) is 0 Å². The van der Waals surface area contributed by atoms with Crippen molar-refractivity contribution in [1.29, 1.82) is 0 Å². The Hall–Kier alpha value is -0.640. The summed E-state index contributed by atoms with van der Waals surface area (Å²) in [6, 6.07) is 0. The van der Waals surface area contributed by atoms with Crippen LogP contribution in [0, 0.1) is 0 Å². The summed E-state index contributed by atoms with van der Waals surface area (Å²) in [6.45, 7) is 2.25. The molecule has 0 spiro atoms. The topological polar surface area (TPSA) is 60.7 Å². The van der Waals surface area contributed by atoms with Crippen LogP contribution in [0.1, 0.15) is 77.6 Å². The molecule has 0 unspecified atom stereocenters. The van der Waals surface area contributed by atoms with E-state index in [2.05, 4.69) is 6.92 Å². The van der Waals surface area contributed by atoms with Crippen LogP contribution < -0.4 is 0 Å². The predicted molar refractivity (Wildman–Crippen MR) is 84.1 cm³/mol. The highest BCUT2D eigenvalue weighted by Gasteiger charge is 2.10. The first-order valence-corrected chi connectivity index (χ1v) is 8.07. The van der Waals surface area contributed by atoms with Crippen molar-refractivity contribution < 1.29 is 15.3 Å². The van der Waals surface area contributed by atoms with Crippen molar-refractivity contribution in [2.75, 3.05) is 0 Å². The molecule has 0 aromatic heterocycles. The average Bonchev–Trinajstić information content (AvgIpc) is 2.38. The zero-order valence-electron chi connectivity index (χ0n) is 12.9. The summed E-state index contributed by atoms with van der Waals surface area (Å²) in [5.74, 6) is -2.69. The van der Waals surface area contributed by atoms with Gasteiger partial charge in [0.1, 0.15) is 0 Å². The summed E-state index contributed by atoms with van der Waals surface area (Å²) in [5, 5.41) is 25.8. The summed E-state index contributed by atoms with van der Waals surface area (Å²) in [4.78, 5) is 0. The Morgan fingerprint density at radius 1 is 0.700 bits per heavy atom. The van der Waals surface area contributed by atoms with E-state index in [0.717, 1.165) is 12.5 Å². The van der Waals surface area contributed by atoms with Crippen LogP contribution in [0.25, 0.3) is 0 Å². The smallest absolute Gasteiger partial charge is 0.297 e. The number of aliphatic hydroxyl groups is 3. The Bertz CT molecular complexity index is 251. The van der Waals surface area contributed by atoms with E-state index >= 15 is 0 Å². The maximum atomic E-state index is 8.60. The number of hydrogen-bond donors (Lipinski definition) is 3. The normalized spacial score (nSPS) is 12.8. The fourth-order valence-corrected chi connectivity index (χ4v) is 2.11. The van der Waals surface area contributed by atoms with Gasteiger partial charge in [-0.2, -0.15) is 0 Å². The molecule has 3 nitrogen and oxygen atoms in total. The molecule has 118 valence electrons. The van der Waals surface area contributed by atoms with Gasteiger partial charge in [0.25, 0.3) is 5.97 Å². The number of unbranched alkanes of at least 4 members (excludes halogenated alkanes) is 10. The highest BCUT2D eigenvalue weighted by Crippen LogP contribution is 2.11. The molecule has 3 N–H and O–H groups in total. The molecule has 0 aliphatic rings. The number of rotatable bonds is 13. The van der Waals surface area contributed by atoms with Gasteiger partial charge in [-0.25, -0.2) is 0 Å². The minimum absolute atomic E-state index is 0.933. The van der Waals surface area contributed by atoms with Crippen molar-refractivity contribution in [3.8, 4) is 0 Å². The molecule has 0 fully saturated rings. The van der Waals surface area contributed by atoms with Crippen LogP contribution in [0.15, 0.2) is 24.3 Å². The van der Waals surface area contributed by atoms with Gasteiger partial charge < -0.3 is 15.3 Å². The van der Waals surface area contributed by atoms with E-state index < -0.39 is 5.97 Å². The van der Waals surface area contributed by atoms with E-state index in [4.69, 9.17) is 15.3 Å². The van der Waals surface area contributed by atoms with Crippen LogP contribution in [0.2, 0.25) is 0 Å². The Kier molecular flexibility index (Phi) is 12.9. The molecule has 0 saturated heterocycles. The van der Waals surface area contributed by atoms with Gasteiger partial charge in [-0.15, -0.1) is 0 Å². The van der Waals surface area contributed by atoms with Gasteiger partial charge in [0.15, 0.2) is 0 Å². The second-order valence-electron chi connectivity index (χ2n) is 5.45. The van der Waals surface area contributed by atoms with E-state index in [0.29, 0.717) is 0 Å². The molecule has 0 radical (unpaired) electrons. The summed E-state index contributed by atoms with van der Waals surface area (Å²) in [7, 11) is 0. The first kappa shape index (κ1) is 19.4. The molecular formula is C17H32O3. The zero-order valence-corrected chi connectivity index (χ0v) is 12.9. The molecule has 3 heteroatoms. The first-order valence-electron chi connectivity index (χ1n) is 8.07. The van der Waals surface area contributed by atoms with Crippen molar-refractivity contribution in [3.63, 3.8) is 0 Å². The van der Waals surface area contributed by atoms with Gasteiger partial charge in [0.05, 0.1) is 0 Å². The van der Waals surface area contributed by atoms with Crippen molar-refractivity contribution in [1.82, 2.24) is 0 Å². The molecule has 0 rings (SSSR count). The van der Waals surface area contributed by atoms with Crippen molar-refractivity contribution in [2.24, 2.45) is 0 Å². The van der Waals surface area contributed by atoms with E-state index in [1.807, 2.05) is 6.08 Å². The van der Waals surface area contributed by atoms with Crippen LogP contribution >= 0.6 is 0 Å². The van der Waals surface area contributed by atoms with E-state index in [-0.39, 0.29) is 0 Å². The van der Waals surface area contributed by atoms with Crippen LogP contribution in [0.4, 0.5) is 0 Å². The number of hydrogen-bond acceptors (Lipinski definition) is 3. The first-order chi connectivity index (χ1) is 9.56. The Balaban J connectivity index is 3.21. The quantitative estimate of drug-likeness (QED) is 0.272. The summed E-state index contributed by atoms with van der Waals surface area (Å²) in [6.07, 6.45) is 20.4. The summed E-state index contributed by atoms with van der Waals surface area (Å²) in [5.41, 5.74) is 0. The Morgan fingerprint density at radius 3 is 1.70 bits per heavy atom. The third-order valence-electron chi connectivity index (χ3n) is 3.29. The SMILES string of the molecule is CCCCCCCCCCCCC=CC=CC(O)(O)O. The van der Waals surface area contributed by atoms with Gasteiger partial charge in [-0.3, -0.25) is 0 Å².